The van der Waals surface area contributed by atoms with Gasteiger partial charge in [0.05, 0.1) is 6.04 Å². The minimum absolute atomic E-state index is 0.317. The van der Waals surface area contributed by atoms with Crippen molar-refractivity contribution in [3.05, 3.63) is 132 Å². The van der Waals surface area contributed by atoms with E-state index >= 15 is 0 Å². The molecule has 0 fully saturated rings. The molecule has 3 aromatic rings. The van der Waals surface area contributed by atoms with Crippen LogP contribution in [0.15, 0.2) is 132 Å². The minimum atomic E-state index is 0.317. The normalized spacial score (nSPS) is 20.6. The predicted octanol–water partition coefficient (Wildman–Crippen LogP) is 6.33. The maximum atomic E-state index is 2.64. The highest BCUT2D eigenvalue weighted by atomic mass is 15.2. The lowest BCUT2D eigenvalue weighted by atomic mass is 9.30. The Morgan fingerprint density at radius 3 is 2.27 bits per heavy atom. The molecule has 0 amide bonds. The molecule has 0 bridgehead atoms. The maximum Gasteiger partial charge on any atom is 0.246 e. The monoisotopic (exact) mass is 424 g/mol. The molecule has 3 aromatic carbocycles. The van der Waals surface area contributed by atoms with Gasteiger partial charge in [0.25, 0.3) is 0 Å². The van der Waals surface area contributed by atoms with E-state index in [1.165, 1.54) is 44.9 Å². The van der Waals surface area contributed by atoms with Crippen molar-refractivity contribution in [2.24, 2.45) is 0 Å². The van der Waals surface area contributed by atoms with E-state index in [0.29, 0.717) is 12.8 Å². The Morgan fingerprint density at radius 1 is 0.727 bits per heavy atom. The van der Waals surface area contributed by atoms with Crippen molar-refractivity contribution in [1.29, 1.82) is 0 Å². The van der Waals surface area contributed by atoms with Crippen LogP contribution in [0.5, 0.6) is 0 Å². The maximum absolute atomic E-state index is 2.64. The van der Waals surface area contributed by atoms with Gasteiger partial charge < -0.3 is 9.80 Å². The molecule has 2 heterocycles. The van der Waals surface area contributed by atoms with Gasteiger partial charge in [0, 0.05) is 28.5 Å². The zero-order valence-electron chi connectivity index (χ0n) is 18.6. The molecule has 1 atom stereocenters. The fourth-order valence-electron chi connectivity index (χ4n) is 6.22. The molecular weight excluding hydrogens is 399 g/mol. The molecule has 0 N–H and O–H groups in total. The molecule has 2 aliphatic heterocycles. The smallest absolute Gasteiger partial charge is 0.246 e. The second-order valence-electron chi connectivity index (χ2n) is 9.21. The predicted molar refractivity (Wildman–Crippen MR) is 139 cm³/mol. The highest BCUT2D eigenvalue weighted by molar-refractivity contribution is 6.89. The van der Waals surface area contributed by atoms with Gasteiger partial charge in [-0.05, 0) is 72.1 Å². The van der Waals surface area contributed by atoms with Crippen LogP contribution in [-0.4, -0.2) is 12.8 Å². The van der Waals surface area contributed by atoms with E-state index in [4.69, 9.17) is 0 Å². The fraction of sp³-hybridized carbons (Fsp3) is 0.133. The molecule has 0 spiro atoms. The van der Waals surface area contributed by atoms with Gasteiger partial charge in [-0.3, -0.25) is 0 Å². The Kier molecular flexibility index (Phi) is 4.23. The van der Waals surface area contributed by atoms with E-state index in [0.717, 1.165) is 19.3 Å². The molecule has 2 aliphatic carbocycles. The van der Waals surface area contributed by atoms with Gasteiger partial charge >= 0.3 is 0 Å². The molecule has 4 aliphatic rings. The molecule has 3 heteroatoms. The summed E-state index contributed by atoms with van der Waals surface area (Å²) in [6, 6.07) is 31.2. The highest BCUT2D eigenvalue weighted by Gasteiger charge is 2.47. The average Bonchev–Trinajstić information content (AvgIpc) is 2.89. The van der Waals surface area contributed by atoms with Crippen LogP contribution in [0.25, 0.3) is 0 Å². The summed E-state index contributed by atoms with van der Waals surface area (Å²) in [5, 5.41) is 0. The molecule has 0 saturated carbocycles. The largest absolute Gasteiger partial charge is 0.339 e. The summed E-state index contributed by atoms with van der Waals surface area (Å²) in [6.07, 6.45) is 12.8. The third-order valence-electron chi connectivity index (χ3n) is 7.47. The molecule has 33 heavy (non-hydrogen) atoms. The Balaban J connectivity index is 1.54. The number of benzene rings is 3. The van der Waals surface area contributed by atoms with E-state index < -0.39 is 0 Å². The number of para-hydroxylation sites is 3. The SMILES string of the molecule is C1=CC2=C(CC1)N(c1ccccc1)C1CC=CC3=C1B2c1ccccc1N3c1ccccc1. The Morgan fingerprint density at radius 2 is 1.45 bits per heavy atom. The van der Waals surface area contributed by atoms with Crippen molar-refractivity contribution >= 4 is 29.2 Å². The van der Waals surface area contributed by atoms with Crippen molar-refractivity contribution in [3.8, 4) is 0 Å². The summed E-state index contributed by atoms with van der Waals surface area (Å²) < 4.78 is 0. The van der Waals surface area contributed by atoms with Gasteiger partial charge in [-0.1, -0.05) is 72.8 Å². The molecular formula is C30H25BN2. The summed E-state index contributed by atoms with van der Waals surface area (Å²) >= 11 is 0. The van der Waals surface area contributed by atoms with E-state index in [1.807, 2.05) is 0 Å². The first kappa shape index (κ1) is 18.8. The first-order valence-electron chi connectivity index (χ1n) is 12.0. The number of anilines is 3. The van der Waals surface area contributed by atoms with Crippen LogP contribution in [0, 0.1) is 0 Å². The number of rotatable bonds is 2. The molecule has 0 radical (unpaired) electrons. The highest BCUT2D eigenvalue weighted by Crippen LogP contribution is 2.47. The van der Waals surface area contributed by atoms with Crippen LogP contribution < -0.4 is 15.3 Å². The van der Waals surface area contributed by atoms with E-state index in [-0.39, 0.29) is 0 Å². The Hall–Kier alpha value is -3.72. The quantitative estimate of drug-likeness (QED) is 0.444. The molecule has 1 unspecified atom stereocenters. The molecule has 158 valence electrons. The van der Waals surface area contributed by atoms with Gasteiger partial charge in [-0.2, -0.15) is 0 Å². The van der Waals surface area contributed by atoms with Gasteiger partial charge in [-0.25, -0.2) is 0 Å². The number of fused-ring (bicyclic) bond motifs is 3. The van der Waals surface area contributed by atoms with E-state index in [2.05, 4.69) is 119 Å². The average molecular weight is 424 g/mol. The van der Waals surface area contributed by atoms with Crippen molar-refractivity contribution in [3.63, 3.8) is 0 Å². The van der Waals surface area contributed by atoms with Gasteiger partial charge in [0.15, 0.2) is 0 Å². The topological polar surface area (TPSA) is 6.48 Å². The first-order valence-corrected chi connectivity index (χ1v) is 12.0. The lowest BCUT2D eigenvalue weighted by molar-refractivity contribution is 0.689. The minimum Gasteiger partial charge on any atom is -0.339 e. The summed E-state index contributed by atoms with van der Waals surface area (Å²) in [4.78, 5) is 5.12. The van der Waals surface area contributed by atoms with Crippen LogP contribution in [0.3, 0.4) is 0 Å². The summed E-state index contributed by atoms with van der Waals surface area (Å²) in [5.41, 5.74) is 11.1. The number of allylic oxidation sites excluding steroid dienone is 5. The molecule has 0 saturated heterocycles. The van der Waals surface area contributed by atoms with Gasteiger partial charge in [-0.15, -0.1) is 0 Å². The van der Waals surface area contributed by atoms with Crippen LogP contribution in [0.1, 0.15) is 19.3 Å². The zero-order valence-corrected chi connectivity index (χ0v) is 18.6. The standard InChI is InChI=1S/C30H25BN2/c1-3-12-22(13-4-1)32-26-18-9-7-16-24(26)31-25-17-8-10-19-27(25)33(23-14-5-2-6-15-23)29-21-11-20-28(32)30(29)31/h1-9,11-18,20,29H,10,19,21H2. The van der Waals surface area contributed by atoms with Crippen LogP contribution in [0.2, 0.25) is 0 Å². The van der Waals surface area contributed by atoms with Gasteiger partial charge in [0.2, 0.25) is 6.71 Å². The molecule has 0 aromatic heterocycles. The summed E-state index contributed by atoms with van der Waals surface area (Å²) in [6.45, 7) is 0.317. The van der Waals surface area contributed by atoms with Crippen molar-refractivity contribution in [1.82, 2.24) is 0 Å². The summed E-state index contributed by atoms with van der Waals surface area (Å²) in [5.74, 6) is 0. The van der Waals surface area contributed by atoms with Crippen molar-refractivity contribution in [2.75, 3.05) is 9.80 Å². The third-order valence-corrected chi connectivity index (χ3v) is 7.47. The third kappa shape index (κ3) is 2.75. The van der Waals surface area contributed by atoms with Crippen LogP contribution in [-0.2, 0) is 0 Å². The van der Waals surface area contributed by atoms with Crippen molar-refractivity contribution < 1.29 is 0 Å². The fourth-order valence-corrected chi connectivity index (χ4v) is 6.22. The second-order valence-corrected chi connectivity index (χ2v) is 9.21. The molecule has 7 rings (SSSR count). The summed E-state index contributed by atoms with van der Waals surface area (Å²) in [7, 11) is 0. The molecule has 2 nitrogen and oxygen atoms in total. The second kappa shape index (κ2) is 7.42. The number of hydrogen-bond donors (Lipinski definition) is 0. The number of hydrogen-bond acceptors (Lipinski definition) is 2. The number of nitrogens with zero attached hydrogens (tertiary/aromatic N) is 2. The Bertz CT molecular complexity index is 1350. The van der Waals surface area contributed by atoms with E-state index in [1.54, 1.807) is 0 Å². The van der Waals surface area contributed by atoms with Gasteiger partial charge in [0.1, 0.15) is 0 Å². The van der Waals surface area contributed by atoms with Crippen molar-refractivity contribution in [2.45, 2.75) is 25.3 Å². The van der Waals surface area contributed by atoms with Crippen LogP contribution >= 0.6 is 0 Å². The van der Waals surface area contributed by atoms with E-state index in [9.17, 15) is 0 Å². The lowest BCUT2D eigenvalue weighted by Crippen LogP contribution is -2.56. The lowest BCUT2D eigenvalue weighted by Gasteiger charge is -2.51. The Labute approximate surface area is 195 Å². The first-order chi connectivity index (χ1) is 16.4. The van der Waals surface area contributed by atoms with Crippen LogP contribution in [0.4, 0.5) is 17.1 Å². The zero-order chi connectivity index (χ0) is 21.8.